The fourth-order valence-corrected chi connectivity index (χ4v) is 2.74. The van der Waals surface area contributed by atoms with Crippen molar-refractivity contribution in [1.29, 1.82) is 0 Å². The molecule has 7 heteroatoms. The van der Waals surface area contributed by atoms with E-state index in [4.69, 9.17) is 4.99 Å². The molecule has 0 aliphatic carbocycles. The smallest absolute Gasteiger partial charge is 0.194 e. The first-order valence-electron chi connectivity index (χ1n) is 9.61. The van der Waals surface area contributed by atoms with E-state index in [-0.39, 0.29) is 24.0 Å². The fraction of sp³-hybridized carbons (Fsp3) is 0.476. The van der Waals surface area contributed by atoms with Gasteiger partial charge in [0.2, 0.25) is 0 Å². The van der Waals surface area contributed by atoms with Crippen molar-refractivity contribution in [3.8, 4) is 0 Å². The van der Waals surface area contributed by atoms with Crippen LogP contribution in [-0.2, 0) is 20.1 Å². The zero-order chi connectivity index (χ0) is 19.5. The summed E-state index contributed by atoms with van der Waals surface area (Å²) in [5.41, 5.74) is 1.20. The molecule has 1 aromatic heterocycles. The molecule has 28 heavy (non-hydrogen) atoms. The number of aromatic nitrogens is 3. The first-order valence-corrected chi connectivity index (χ1v) is 9.61. The van der Waals surface area contributed by atoms with Crippen molar-refractivity contribution < 1.29 is 0 Å². The number of hydrogen-bond donors (Lipinski definition) is 1. The summed E-state index contributed by atoms with van der Waals surface area (Å²) in [6.07, 6.45) is 6.60. The fourth-order valence-electron chi connectivity index (χ4n) is 2.74. The van der Waals surface area contributed by atoms with Crippen molar-refractivity contribution in [1.82, 2.24) is 25.0 Å². The van der Waals surface area contributed by atoms with E-state index in [0.717, 1.165) is 37.0 Å². The molecule has 0 saturated heterocycles. The molecule has 0 unspecified atom stereocenters. The van der Waals surface area contributed by atoms with E-state index in [1.54, 1.807) is 0 Å². The summed E-state index contributed by atoms with van der Waals surface area (Å²) in [5, 5.41) is 11.8. The highest BCUT2D eigenvalue weighted by atomic mass is 127. The van der Waals surface area contributed by atoms with Crippen LogP contribution in [0.25, 0.3) is 0 Å². The van der Waals surface area contributed by atoms with E-state index >= 15 is 0 Å². The number of benzene rings is 1. The lowest BCUT2D eigenvalue weighted by molar-refractivity contribution is 0.452. The van der Waals surface area contributed by atoms with Crippen molar-refractivity contribution in [2.75, 3.05) is 13.6 Å². The van der Waals surface area contributed by atoms with Gasteiger partial charge in [0.15, 0.2) is 11.8 Å². The monoisotopic (exact) mass is 496 g/mol. The lowest BCUT2D eigenvalue weighted by Gasteiger charge is -2.22. The normalized spacial score (nSPS) is 11.0. The van der Waals surface area contributed by atoms with Crippen LogP contribution >= 0.6 is 24.0 Å². The zero-order valence-electron chi connectivity index (χ0n) is 17.3. The molecule has 0 saturated carbocycles. The number of nitrogens with one attached hydrogen (secondary N) is 1. The number of guanidine groups is 1. The maximum atomic E-state index is 4.82. The van der Waals surface area contributed by atoms with Crippen molar-refractivity contribution in [3.63, 3.8) is 0 Å². The third kappa shape index (κ3) is 8.00. The van der Waals surface area contributed by atoms with Gasteiger partial charge in [-0.15, -0.1) is 40.8 Å². The molecular formula is C21H33IN6. The Morgan fingerprint density at radius 3 is 2.61 bits per heavy atom. The van der Waals surface area contributed by atoms with E-state index < -0.39 is 0 Å². The maximum Gasteiger partial charge on any atom is 0.194 e. The van der Waals surface area contributed by atoms with E-state index in [0.29, 0.717) is 13.1 Å². The highest BCUT2D eigenvalue weighted by Gasteiger charge is 2.10. The molecule has 1 aromatic carbocycles. The molecule has 154 valence electrons. The van der Waals surface area contributed by atoms with Gasteiger partial charge in [-0.3, -0.25) is 0 Å². The van der Waals surface area contributed by atoms with Crippen LogP contribution in [0.4, 0.5) is 0 Å². The van der Waals surface area contributed by atoms with Crippen molar-refractivity contribution in [3.05, 3.63) is 60.2 Å². The summed E-state index contributed by atoms with van der Waals surface area (Å²) in [6, 6.07) is 10.3. The standard InChI is InChI=1S/C21H32N6.HI/c1-5-6-7-8-12-15-26(3)21(22-16-19-13-10-9-11-14-19)23-17-20-25-24-18(2)27(20)4;/h5,9-11,13-14H,1,6-8,12,15-17H2,2-4H3,(H,22,23);1H. The first kappa shape index (κ1) is 24.1. The summed E-state index contributed by atoms with van der Waals surface area (Å²) < 4.78 is 2.00. The largest absolute Gasteiger partial charge is 0.349 e. The zero-order valence-corrected chi connectivity index (χ0v) is 19.6. The Kier molecular flexibility index (Phi) is 11.5. The van der Waals surface area contributed by atoms with Crippen LogP contribution in [0.1, 0.15) is 42.9 Å². The van der Waals surface area contributed by atoms with Gasteiger partial charge in [0.25, 0.3) is 0 Å². The Bertz CT molecular complexity index is 726. The molecule has 0 aliphatic rings. The van der Waals surface area contributed by atoms with Gasteiger partial charge in [0, 0.05) is 20.6 Å². The lowest BCUT2D eigenvalue weighted by Crippen LogP contribution is -2.39. The van der Waals surface area contributed by atoms with E-state index in [9.17, 15) is 0 Å². The third-order valence-electron chi connectivity index (χ3n) is 4.60. The van der Waals surface area contributed by atoms with E-state index in [2.05, 4.69) is 46.2 Å². The van der Waals surface area contributed by atoms with E-state index in [1.807, 2.05) is 42.8 Å². The van der Waals surface area contributed by atoms with Crippen molar-refractivity contribution >= 4 is 29.9 Å². The highest BCUT2D eigenvalue weighted by molar-refractivity contribution is 14.0. The molecule has 2 rings (SSSR count). The van der Waals surface area contributed by atoms with Gasteiger partial charge in [0.1, 0.15) is 5.82 Å². The summed E-state index contributed by atoms with van der Waals surface area (Å²) in [4.78, 5) is 7.01. The Morgan fingerprint density at radius 1 is 1.21 bits per heavy atom. The van der Waals surface area contributed by atoms with Crippen LogP contribution in [-0.4, -0.2) is 39.2 Å². The molecule has 0 bridgehead atoms. The van der Waals surface area contributed by atoms with Crippen molar-refractivity contribution in [2.24, 2.45) is 12.0 Å². The van der Waals surface area contributed by atoms with E-state index in [1.165, 1.54) is 18.4 Å². The molecule has 0 spiro atoms. The Labute approximate surface area is 186 Å². The average Bonchev–Trinajstić information content (AvgIpc) is 3.00. The summed E-state index contributed by atoms with van der Waals surface area (Å²) in [7, 11) is 4.07. The molecule has 0 fully saturated rings. The van der Waals surface area contributed by atoms with Crippen LogP contribution in [0.2, 0.25) is 0 Å². The minimum Gasteiger partial charge on any atom is -0.349 e. The Morgan fingerprint density at radius 2 is 1.96 bits per heavy atom. The van der Waals surface area contributed by atoms with Crippen LogP contribution in [0, 0.1) is 6.92 Å². The second kappa shape index (κ2) is 13.3. The number of hydrogen-bond acceptors (Lipinski definition) is 3. The topological polar surface area (TPSA) is 58.3 Å². The molecule has 6 nitrogen and oxygen atoms in total. The summed E-state index contributed by atoms with van der Waals surface area (Å²) in [6.45, 7) is 7.96. The van der Waals surface area contributed by atoms with Gasteiger partial charge < -0.3 is 14.8 Å². The summed E-state index contributed by atoms with van der Waals surface area (Å²) >= 11 is 0. The number of unbranched alkanes of at least 4 members (excludes halogenated alkanes) is 3. The minimum absolute atomic E-state index is 0. The van der Waals surface area contributed by atoms with Gasteiger partial charge in [0.05, 0.1) is 13.1 Å². The molecule has 0 aliphatic heterocycles. The van der Waals surface area contributed by atoms with Gasteiger partial charge in [-0.1, -0.05) is 42.8 Å². The van der Waals surface area contributed by atoms with Gasteiger partial charge >= 0.3 is 0 Å². The third-order valence-corrected chi connectivity index (χ3v) is 4.60. The van der Waals surface area contributed by atoms with Crippen LogP contribution in [0.15, 0.2) is 48.0 Å². The Balaban J connectivity index is 0.00000392. The number of nitrogens with zero attached hydrogens (tertiary/aromatic N) is 5. The predicted molar refractivity (Wildman–Crippen MR) is 127 cm³/mol. The number of allylic oxidation sites excluding steroid dienone is 1. The van der Waals surface area contributed by atoms with Crippen molar-refractivity contribution in [2.45, 2.75) is 45.7 Å². The molecule has 1 N–H and O–H groups in total. The molecule has 1 heterocycles. The maximum absolute atomic E-state index is 4.82. The average molecular weight is 496 g/mol. The molecule has 0 radical (unpaired) electrons. The Hall–Kier alpha value is -1.90. The predicted octanol–water partition coefficient (Wildman–Crippen LogP) is 4.07. The number of aliphatic imine (C=N–C) groups is 1. The molecule has 0 amide bonds. The second-order valence-electron chi connectivity index (χ2n) is 6.76. The summed E-state index contributed by atoms with van der Waals surface area (Å²) in [5.74, 6) is 2.70. The van der Waals surface area contributed by atoms with Gasteiger partial charge in [-0.05, 0) is 31.7 Å². The van der Waals surface area contributed by atoms with Crippen LogP contribution in [0.3, 0.4) is 0 Å². The lowest BCUT2D eigenvalue weighted by atomic mass is 10.2. The highest BCUT2D eigenvalue weighted by Crippen LogP contribution is 2.05. The number of halogens is 1. The number of rotatable bonds is 10. The van der Waals surface area contributed by atoms with Gasteiger partial charge in [-0.2, -0.15) is 0 Å². The first-order chi connectivity index (χ1) is 13.1. The molecule has 0 atom stereocenters. The number of aryl methyl sites for hydroxylation is 1. The SMILES string of the molecule is C=CCCCCCN(C)C(=NCc1ccccc1)NCc1nnc(C)n1C.I. The second-order valence-corrected chi connectivity index (χ2v) is 6.76. The van der Waals surface area contributed by atoms with Crippen LogP contribution in [0.5, 0.6) is 0 Å². The quantitative estimate of drug-likeness (QED) is 0.177. The van der Waals surface area contributed by atoms with Crippen LogP contribution < -0.4 is 5.32 Å². The van der Waals surface area contributed by atoms with Gasteiger partial charge in [-0.25, -0.2) is 4.99 Å². The molecule has 2 aromatic rings. The molecular weight excluding hydrogens is 463 g/mol. The minimum atomic E-state index is 0.